The number of thiocarbonyl (C=S) groups is 1. The van der Waals surface area contributed by atoms with E-state index in [0.717, 1.165) is 5.56 Å². The van der Waals surface area contributed by atoms with Crippen molar-refractivity contribution in [2.24, 2.45) is 0 Å². The Hall–Kier alpha value is -4.31. The molecule has 0 saturated carbocycles. The average Bonchev–Trinajstić information content (AvgIpc) is 3.19. The fraction of sp³-hybridized carbons (Fsp3) is 0.276. The minimum atomic E-state index is -0.766. The van der Waals surface area contributed by atoms with Gasteiger partial charge in [-0.2, -0.15) is 0 Å². The summed E-state index contributed by atoms with van der Waals surface area (Å²) in [5.41, 5.74) is 2.20. The quantitative estimate of drug-likeness (QED) is 0.355. The Morgan fingerprint density at radius 2 is 1.46 bits per heavy atom. The van der Waals surface area contributed by atoms with Gasteiger partial charge < -0.3 is 29.2 Å². The van der Waals surface area contributed by atoms with Gasteiger partial charge in [0.05, 0.1) is 40.5 Å². The van der Waals surface area contributed by atoms with Crippen LogP contribution in [-0.4, -0.2) is 62.9 Å². The maximum Gasteiger partial charge on any atom is 0.256 e. The van der Waals surface area contributed by atoms with Crippen molar-refractivity contribution in [3.05, 3.63) is 72.3 Å². The van der Waals surface area contributed by atoms with E-state index < -0.39 is 6.04 Å². The SMILES string of the molecule is COc1ccc(NC(=O)C[C@@H]2C(=O)N(c3ccc(OC)cc3)C(=S)N2CCc2ccc(OC)c(OC)c2)cc1. The van der Waals surface area contributed by atoms with E-state index in [0.29, 0.717) is 52.5 Å². The highest BCUT2D eigenvalue weighted by molar-refractivity contribution is 7.80. The molecule has 1 saturated heterocycles. The Kier molecular flexibility index (Phi) is 8.88. The van der Waals surface area contributed by atoms with Gasteiger partial charge in [0, 0.05) is 12.2 Å². The Balaban J connectivity index is 1.56. The largest absolute Gasteiger partial charge is 0.497 e. The third-order valence-electron chi connectivity index (χ3n) is 6.49. The molecule has 1 atom stereocenters. The number of anilines is 2. The second-order valence-electron chi connectivity index (χ2n) is 8.78. The number of carbonyl (C=O) groups excluding carboxylic acids is 2. The first kappa shape index (κ1) is 27.7. The highest BCUT2D eigenvalue weighted by Gasteiger charge is 2.44. The molecular formula is C29H31N3O6S. The molecule has 1 N–H and O–H groups in total. The first-order chi connectivity index (χ1) is 18.9. The van der Waals surface area contributed by atoms with Crippen molar-refractivity contribution < 1.29 is 28.5 Å². The van der Waals surface area contributed by atoms with Crippen LogP contribution in [0.15, 0.2) is 66.7 Å². The summed E-state index contributed by atoms with van der Waals surface area (Å²) in [6.45, 7) is 0.424. The summed E-state index contributed by atoms with van der Waals surface area (Å²) < 4.78 is 21.2. The lowest BCUT2D eigenvalue weighted by Crippen LogP contribution is -2.39. The minimum absolute atomic E-state index is 0.0659. The molecule has 1 fully saturated rings. The molecule has 2 amide bonds. The molecule has 0 spiro atoms. The number of hydrogen-bond acceptors (Lipinski definition) is 7. The molecule has 10 heteroatoms. The van der Waals surface area contributed by atoms with E-state index in [1.54, 1.807) is 77.0 Å². The fourth-order valence-electron chi connectivity index (χ4n) is 4.40. The smallest absolute Gasteiger partial charge is 0.256 e. The van der Waals surface area contributed by atoms with E-state index in [9.17, 15) is 9.59 Å². The third-order valence-corrected chi connectivity index (χ3v) is 6.91. The van der Waals surface area contributed by atoms with E-state index in [4.69, 9.17) is 31.2 Å². The van der Waals surface area contributed by atoms with Gasteiger partial charge in [-0.25, -0.2) is 0 Å². The van der Waals surface area contributed by atoms with Crippen molar-refractivity contribution in [1.82, 2.24) is 4.90 Å². The van der Waals surface area contributed by atoms with E-state index in [1.807, 2.05) is 23.1 Å². The van der Waals surface area contributed by atoms with Crippen LogP contribution in [0.4, 0.5) is 11.4 Å². The summed E-state index contributed by atoms with van der Waals surface area (Å²) in [5, 5.41) is 3.21. The number of carbonyl (C=O) groups is 2. The molecule has 0 unspecified atom stereocenters. The minimum Gasteiger partial charge on any atom is -0.497 e. The van der Waals surface area contributed by atoms with Crippen LogP contribution in [0.25, 0.3) is 0 Å². The molecule has 3 aromatic carbocycles. The van der Waals surface area contributed by atoms with Crippen LogP contribution in [0.5, 0.6) is 23.0 Å². The Morgan fingerprint density at radius 1 is 0.846 bits per heavy atom. The molecule has 0 radical (unpaired) electrons. The van der Waals surface area contributed by atoms with Crippen molar-refractivity contribution in [2.45, 2.75) is 18.9 Å². The van der Waals surface area contributed by atoms with Crippen molar-refractivity contribution >= 4 is 40.5 Å². The summed E-state index contributed by atoms with van der Waals surface area (Å²) in [6, 6.07) is 19.0. The molecule has 1 aliphatic heterocycles. The van der Waals surface area contributed by atoms with Gasteiger partial charge in [-0.3, -0.25) is 14.5 Å². The molecular weight excluding hydrogens is 518 g/mol. The Labute approximate surface area is 233 Å². The summed E-state index contributed by atoms with van der Waals surface area (Å²) in [7, 11) is 6.32. The van der Waals surface area contributed by atoms with Crippen LogP contribution < -0.4 is 29.2 Å². The molecule has 204 valence electrons. The standard InChI is InChI=1S/C29H31N3O6S/c1-35-22-10-6-20(7-11-22)30-27(33)18-24-28(34)32(21-8-12-23(36-2)13-9-21)29(39)31(24)16-15-19-5-14-25(37-3)26(17-19)38-4/h5-14,17,24H,15-16,18H2,1-4H3,(H,30,33)/t24-/m1/s1. The van der Waals surface area contributed by atoms with Crippen LogP contribution in [0.1, 0.15) is 12.0 Å². The predicted octanol–water partition coefficient (Wildman–Crippen LogP) is 4.29. The lowest BCUT2D eigenvalue weighted by atomic mass is 10.1. The third kappa shape index (κ3) is 6.23. The molecule has 0 aliphatic carbocycles. The summed E-state index contributed by atoms with van der Waals surface area (Å²) >= 11 is 5.78. The highest BCUT2D eigenvalue weighted by atomic mass is 32.1. The lowest BCUT2D eigenvalue weighted by Gasteiger charge is -2.24. The van der Waals surface area contributed by atoms with Crippen LogP contribution in [0.3, 0.4) is 0 Å². The van der Waals surface area contributed by atoms with Crippen LogP contribution in [-0.2, 0) is 16.0 Å². The van der Waals surface area contributed by atoms with Crippen LogP contribution in [0, 0.1) is 0 Å². The van der Waals surface area contributed by atoms with Crippen molar-refractivity contribution in [3.63, 3.8) is 0 Å². The maximum atomic E-state index is 13.7. The number of benzene rings is 3. The van der Waals surface area contributed by atoms with Gasteiger partial charge in [-0.05, 0) is 84.9 Å². The number of hydrogen-bond donors (Lipinski definition) is 1. The number of nitrogens with zero attached hydrogens (tertiary/aromatic N) is 2. The number of methoxy groups -OCH3 is 4. The van der Waals surface area contributed by atoms with Gasteiger partial charge in [-0.15, -0.1) is 0 Å². The topological polar surface area (TPSA) is 89.6 Å². The second kappa shape index (κ2) is 12.5. The first-order valence-electron chi connectivity index (χ1n) is 12.3. The Bertz CT molecular complexity index is 1330. The Morgan fingerprint density at radius 3 is 2.05 bits per heavy atom. The number of ether oxygens (including phenoxy) is 4. The van der Waals surface area contributed by atoms with Gasteiger partial charge in [0.15, 0.2) is 16.6 Å². The normalized spacial score (nSPS) is 14.8. The maximum absolute atomic E-state index is 13.7. The van der Waals surface area contributed by atoms with Gasteiger partial charge in [0.2, 0.25) is 5.91 Å². The zero-order chi connectivity index (χ0) is 27.9. The average molecular weight is 550 g/mol. The van der Waals surface area contributed by atoms with E-state index >= 15 is 0 Å². The number of rotatable bonds is 11. The molecule has 1 heterocycles. The van der Waals surface area contributed by atoms with Gasteiger partial charge in [0.1, 0.15) is 17.5 Å². The van der Waals surface area contributed by atoms with Crippen LogP contribution >= 0.6 is 12.2 Å². The molecule has 0 aromatic heterocycles. The summed E-state index contributed by atoms with van der Waals surface area (Å²) in [6.07, 6.45) is 0.504. The predicted molar refractivity (Wildman–Crippen MR) is 153 cm³/mol. The monoisotopic (exact) mass is 549 g/mol. The molecule has 1 aliphatic rings. The molecule has 9 nitrogen and oxygen atoms in total. The van der Waals surface area contributed by atoms with Gasteiger partial charge >= 0.3 is 0 Å². The summed E-state index contributed by atoms with van der Waals surface area (Å²) in [5.74, 6) is 2.03. The first-order valence-corrected chi connectivity index (χ1v) is 12.7. The highest BCUT2D eigenvalue weighted by Crippen LogP contribution is 2.31. The van der Waals surface area contributed by atoms with Crippen molar-refractivity contribution in [3.8, 4) is 23.0 Å². The zero-order valence-electron chi connectivity index (χ0n) is 22.3. The fourth-order valence-corrected chi connectivity index (χ4v) is 4.82. The van der Waals surface area contributed by atoms with E-state index in [2.05, 4.69) is 5.32 Å². The van der Waals surface area contributed by atoms with E-state index in [1.165, 1.54) is 4.90 Å². The van der Waals surface area contributed by atoms with Gasteiger partial charge in [0.25, 0.3) is 5.91 Å². The zero-order valence-corrected chi connectivity index (χ0v) is 23.1. The molecule has 4 rings (SSSR count). The molecule has 0 bridgehead atoms. The van der Waals surface area contributed by atoms with E-state index in [-0.39, 0.29) is 18.2 Å². The number of amides is 2. The number of nitrogens with one attached hydrogen (secondary N) is 1. The van der Waals surface area contributed by atoms with Crippen molar-refractivity contribution in [1.29, 1.82) is 0 Å². The van der Waals surface area contributed by atoms with Crippen molar-refractivity contribution in [2.75, 3.05) is 45.2 Å². The summed E-state index contributed by atoms with van der Waals surface area (Å²) in [4.78, 5) is 30.0. The molecule has 39 heavy (non-hydrogen) atoms. The lowest BCUT2D eigenvalue weighted by molar-refractivity contribution is -0.124. The van der Waals surface area contributed by atoms with Crippen LogP contribution in [0.2, 0.25) is 0 Å². The molecule has 3 aromatic rings. The van der Waals surface area contributed by atoms with Gasteiger partial charge in [-0.1, -0.05) is 6.07 Å². The second-order valence-corrected chi connectivity index (χ2v) is 9.15.